The summed E-state index contributed by atoms with van der Waals surface area (Å²) in [7, 11) is 1.66. The van der Waals surface area contributed by atoms with Gasteiger partial charge in [0, 0.05) is 13.1 Å². The van der Waals surface area contributed by atoms with E-state index >= 15 is 0 Å². The SMILES string of the molecule is CN(N)c1cc(O)ccc1N. The molecule has 5 N–H and O–H groups in total. The Kier molecular flexibility index (Phi) is 1.87. The van der Waals surface area contributed by atoms with Gasteiger partial charge in [-0.15, -0.1) is 0 Å². The summed E-state index contributed by atoms with van der Waals surface area (Å²) >= 11 is 0. The van der Waals surface area contributed by atoms with Gasteiger partial charge in [0.05, 0.1) is 11.4 Å². The fraction of sp³-hybridized carbons (Fsp3) is 0.143. The number of hydrogen-bond acceptors (Lipinski definition) is 4. The van der Waals surface area contributed by atoms with Gasteiger partial charge in [-0.1, -0.05) is 0 Å². The van der Waals surface area contributed by atoms with Crippen LogP contribution in [0.3, 0.4) is 0 Å². The number of nitrogen functional groups attached to an aromatic ring is 1. The van der Waals surface area contributed by atoms with E-state index in [2.05, 4.69) is 0 Å². The molecule has 0 atom stereocenters. The van der Waals surface area contributed by atoms with Crippen molar-refractivity contribution < 1.29 is 5.11 Å². The van der Waals surface area contributed by atoms with Gasteiger partial charge >= 0.3 is 0 Å². The molecule has 0 amide bonds. The molecular formula is C7H11N3O. The Morgan fingerprint density at radius 3 is 2.55 bits per heavy atom. The van der Waals surface area contributed by atoms with Crippen LogP contribution in [0.1, 0.15) is 0 Å². The van der Waals surface area contributed by atoms with Crippen LogP contribution in [-0.4, -0.2) is 12.2 Å². The van der Waals surface area contributed by atoms with Crippen molar-refractivity contribution in [1.29, 1.82) is 0 Å². The van der Waals surface area contributed by atoms with E-state index in [1.165, 1.54) is 17.1 Å². The van der Waals surface area contributed by atoms with Crippen LogP contribution in [0.2, 0.25) is 0 Å². The number of rotatable bonds is 1. The van der Waals surface area contributed by atoms with E-state index in [1.54, 1.807) is 13.1 Å². The third-order valence-corrected chi connectivity index (χ3v) is 1.39. The Hall–Kier alpha value is -1.42. The van der Waals surface area contributed by atoms with Crippen molar-refractivity contribution in [1.82, 2.24) is 0 Å². The van der Waals surface area contributed by atoms with E-state index in [-0.39, 0.29) is 5.75 Å². The lowest BCUT2D eigenvalue weighted by atomic mass is 10.2. The first-order valence-corrected chi connectivity index (χ1v) is 3.18. The number of anilines is 2. The molecule has 0 aliphatic heterocycles. The van der Waals surface area contributed by atoms with Crippen LogP contribution in [0.5, 0.6) is 5.75 Å². The number of phenolic OH excluding ortho intramolecular Hbond substituents is 1. The quantitative estimate of drug-likeness (QED) is 0.234. The van der Waals surface area contributed by atoms with Crippen molar-refractivity contribution in [2.45, 2.75) is 0 Å². The maximum absolute atomic E-state index is 9.05. The predicted molar refractivity (Wildman–Crippen MR) is 45.1 cm³/mol. The highest BCUT2D eigenvalue weighted by atomic mass is 16.3. The van der Waals surface area contributed by atoms with Crippen molar-refractivity contribution in [2.75, 3.05) is 17.8 Å². The molecule has 0 unspecified atom stereocenters. The highest BCUT2D eigenvalue weighted by molar-refractivity contribution is 5.68. The first-order valence-electron chi connectivity index (χ1n) is 3.18. The molecule has 0 aliphatic rings. The molecule has 1 aromatic rings. The molecular weight excluding hydrogens is 142 g/mol. The molecule has 1 aromatic carbocycles. The van der Waals surface area contributed by atoms with Gasteiger partial charge in [-0.2, -0.15) is 0 Å². The molecule has 0 saturated carbocycles. The van der Waals surface area contributed by atoms with Crippen molar-refractivity contribution >= 4 is 11.4 Å². The van der Waals surface area contributed by atoms with Gasteiger partial charge in [0.25, 0.3) is 0 Å². The Labute approximate surface area is 65.0 Å². The summed E-state index contributed by atoms with van der Waals surface area (Å²) in [6.07, 6.45) is 0. The summed E-state index contributed by atoms with van der Waals surface area (Å²) in [5, 5.41) is 10.4. The van der Waals surface area contributed by atoms with Gasteiger partial charge in [0.15, 0.2) is 0 Å². The lowest BCUT2D eigenvalue weighted by Gasteiger charge is -2.14. The molecule has 1 rings (SSSR count). The average molecular weight is 153 g/mol. The largest absolute Gasteiger partial charge is 0.508 e. The van der Waals surface area contributed by atoms with Gasteiger partial charge in [-0.3, -0.25) is 0 Å². The molecule has 60 valence electrons. The monoisotopic (exact) mass is 153 g/mol. The zero-order valence-electron chi connectivity index (χ0n) is 6.28. The zero-order chi connectivity index (χ0) is 8.43. The molecule has 0 spiro atoms. The van der Waals surface area contributed by atoms with Crippen molar-refractivity contribution in [2.24, 2.45) is 5.84 Å². The van der Waals surface area contributed by atoms with Crippen LogP contribution in [-0.2, 0) is 0 Å². The number of hydrazine groups is 1. The number of aromatic hydroxyl groups is 1. The fourth-order valence-electron chi connectivity index (χ4n) is 0.838. The van der Waals surface area contributed by atoms with Crippen LogP contribution in [0.15, 0.2) is 18.2 Å². The molecule has 0 fully saturated rings. The van der Waals surface area contributed by atoms with Crippen LogP contribution in [0.25, 0.3) is 0 Å². The van der Waals surface area contributed by atoms with Gasteiger partial charge in [-0.25, -0.2) is 5.84 Å². The van der Waals surface area contributed by atoms with E-state index < -0.39 is 0 Å². The third kappa shape index (κ3) is 1.53. The molecule has 11 heavy (non-hydrogen) atoms. The number of nitrogens with zero attached hydrogens (tertiary/aromatic N) is 1. The Morgan fingerprint density at radius 2 is 2.09 bits per heavy atom. The van der Waals surface area contributed by atoms with Gasteiger partial charge < -0.3 is 15.8 Å². The number of nitrogens with two attached hydrogens (primary N) is 2. The van der Waals surface area contributed by atoms with E-state index in [4.69, 9.17) is 16.7 Å². The van der Waals surface area contributed by atoms with Crippen molar-refractivity contribution in [3.05, 3.63) is 18.2 Å². The second kappa shape index (κ2) is 2.67. The van der Waals surface area contributed by atoms with Crippen LogP contribution >= 0.6 is 0 Å². The lowest BCUT2D eigenvalue weighted by Crippen LogP contribution is -2.25. The fourth-order valence-corrected chi connectivity index (χ4v) is 0.838. The summed E-state index contributed by atoms with van der Waals surface area (Å²) in [6, 6.07) is 4.63. The molecule has 0 radical (unpaired) electrons. The highest BCUT2D eigenvalue weighted by Crippen LogP contribution is 2.24. The normalized spacial score (nSPS) is 9.64. The maximum atomic E-state index is 9.05. The van der Waals surface area contributed by atoms with E-state index in [0.29, 0.717) is 11.4 Å². The zero-order valence-corrected chi connectivity index (χ0v) is 6.28. The van der Waals surface area contributed by atoms with Crippen LogP contribution < -0.4 is 16.6 Å². The molecule has 0 saturated heterocycles. The molecule has 4 nitrogen and oxygen atoms in total. The van der Waals surface area contributed by atoms with Crippen LogP contribution in [0, 0.1) is 0 Å². The van der Waals surface area contributed by atoms with Gasteiger partial charge in [0.2, 0.25) is 0 Å². The van der Waals surface area contributed by atoms with E-state index in [9.17, 15) is 0 Å². The molecule has 0 aromatic heterocycles. The number of benzene rings is 1. The Balaban J connectivity index is 3.13. The lowest BCUT2D eigenvalue weighted by molar-refractivity contribution is 0.475. The smallest absolute Gasteiger partial charge is 0.117 e. The number of phenols is 1. The Morgan fingerprint density at radius 1 is 1.45 bits per heavy atom. The van der Waals surface area contributed by atoms with Crippen LogP contribution in [0.4, 0.5) is 11.4 Å². The first-order chi connectivity index (χ1) is 5.11. The van der Waals surface area contributed by atoms with Gasteiger partial charge in [-0.05, 0) is 12.1 Å². The summed E-state index contributed by atoms with van der Waals surface area (Å²) < 4.78 is 0. The predicted octanol–water partition coefficient (Wildman–Crippen LogP) is 0.284. The topological polar surface area (TPSA) is 75.5 Å². The first kappa shape index (κ1) is 7.68. The standard InChI is InChI=1S/C7H11N3O/c1-10(9)7-4-5(11)2-3-6(7)8/h2-4,11H,8-9H2,1H3. The molecule has 0 heterocycles. The Bertz CT molecular complexity index is 260. The minimum atomic E-state index is 0.159. The third-order valence-electron chi connectivity index (χ3n) is 1.39. The minimum absolute atomic E-state index is 0.159. The summed E-state index contributed by atoms with van der Waals surface area (Å²) in [6.45, 7) is 0. The summed E-state index contributed by atoms with van der Waals surface area (Å²) in [5.74, 6) is 5.58. The second-order valence-electron chi connectivity index (χ2n) is 2.35. The summed E-state index contributed by atoms with van der Waals surface area (Å²) in [5.41, 5.74) is 6.72. The van der Waals surface area contributed by atoms with E-state index in [0.717, 1.165) is 0 Å². The second-order valence-corrected chi connectivity index (χ2v) is 2.35. The number of hydrogen-bond donors (Lipinski definition) is 3. The average Bonchev–Trinajstić information content (AvgIpc) is 1.94. The molecule has 4 heteroatoms. The van der Waals surface area contributed by atoms with E-state index in [1.807, 2.05) is 0 Å². The highest BCUT2D eigenvalue weighted by Gasteiger charge is 2.01. The van der Waals surface area contributed by atoms with Gasteiger partial charge in [0.1, 0.15) is 5.75 Å². The summed E-state index contributed by atoms with van der Waals surface area (Å²) in [4.78, 5) is 0. The molecule has 0 aliphatic carbocycles. The van der Waals surface area contributed by atoms with Crippen molar-refractivity contribution in [3.8, 4) is 5.75 Å². The van der Waals surface area contributed by atoms with Crippen molar-refractivity contribution in [3.63, 3.8) is 0 Å². The minimum Gasteiger partial charge on any atom is -0.508 e. The maximum Gasteiger partial charge on any atom is 0.117 e. The molecule has 0 bridgehead atoms.